The van der Waals surface area contributed by atoms with E-state index in [1.807, 2.05) is 23.9 Å². The van der Waals surface area contributed by atoms with Crippen molar-refractivity contribution in [3.05, 3.63) is 71.1 Å². The molecule has 16 heteroatoms. The Hall–Kier alpha value is -5.14. The lowest BCUT2D eigenvalue weighted by molar-refractivity contribution is -0.171. The molecule has 2 aromatic carbocycles. The topological polar surface area (TPSA) is 123 Å². The number of anilines is 5. The van der Waals surface area contributed by atoms with E-state index in [-0.39, 0.29) is 54.3 Å². The maximum Gasteiger partial charge on any atom is 0.471 e. The molecule has 0 spiro atoms. The number of nitrogens with two attached hydrogens (primary N) is 1. The van der Waals surface area contributed by atoms with Crippen molar-refractivity contribution < 1.29 is 36.3 Å². The molecule has 1 fully saturated rings. The number of nitrogens with zero attached hydrogens (tertiary/aromatic N) is 5. The molecule has 3 heterocycles. The second-order valence-electron chi connectivity index (χ2n) is 11.8. The molecule has 2 amide bonds. The monoisotopic (exact) mass is 686 g/mol. The first-order chi connectivity index (χ1) is 23.3. The molecular formula is C33H35F5N8O3. The van der Waals surface area contributed by atoms with Gasteiger partial charge in [0.1, 0.15) is 23.0 Å². The number of halogens is 5. The highest BCUT2D eigenvalue weighted by molar-refractivity contribution is 6.11. The molecule has 2 aliphatic rings. The van der Waals surface area contributed by atoms with Crippen LogP contribution in [0.3, 0.4) is 0 Å². The Kier molecular flexibility index (Phi) is 10.4. The van der Waals surface area contributed by atoms with Gasteiger partial charge in [-0.1, -0.05) is 12.0 Å². The number of alkyl halides is 3. The number of allylic oxidation sites excluding steroid dienone is 1. The van der Waals surface area contributed by atoms with Crippen molar-refractivity contribution in [2.45, 2.75) is 31.5 Å². The zero-order valence-electron chi connectivity index (χ0n) is 27.0. The number of nitrogens with one attached hydrogen (secondary N) is 2. The van der Waals surface area contributed by atoms with E-state index in [1.54, 1.807) is 7.05 Å². The zero-order chi connectivity index (χ0) is 35.5. The summed E-state index contributed by atoms with van der Waals surface area (Å²) in [7, 11) is 5.65. The number of carbonyl (C=O) groups excluding carboxylic acids is 2. The number of hydrogen-bond acceptors (Lipinski definition) is 8. The summed E-state index contributed by atoms with van der Waals surface area (Å²) in [4.78, 5) is 32.1. The van der Waals surface area contributed by atoms with Crippen molar-refractivity contribution in [2.24, 2.45) is 5.73 Å². The molecule has 0 saturated carbocycles. The molecule has 49 heavy (non-hydrogen) atoms. The number of aromatic amines is 1. The van der Waals surface area contributed by atoms with Crippen LogP contribution in [0.25, 0.3) is 0 Å². The van der Waals surface area contributed by atoms with Gasteiger partial charge in [0.2, 0.25) is 0 Å². The van der Waals surface area contributed by atoms with Crippen molar-refractivity contribution in [3.8, 4) is 11.8 Å². The van der Waals surface area contributed by atoms with Crippen molar-refractivity contribution in [2.75, 3.05) is 67.5 Å². The Morgan fingerprint density at radius 1 is 1.06 bits per heavy atom. The standard InChI is InChI=1S/C33H35F5N8O3/c1-43(2)12-5-13-44(3)31-28-30(41-42-31)40-19-24(9-8-20-16-21(34)18-22(35)17-20)45(28)26-7-4-6-25(29(39)47)27(26)46(32(48)33(36,37)38)23-10-14-49-15-11-23/h4,6-7,16-19,23H,5,10-15H2,1-3H3,(H2,39,47)(H2,40,41,42). The van der Waals surface area contributed by atoms with E-state index in [9.17, 15) is 31.5 Å². The fourth-order valence-electron chi connectivity index (χ4n) is 5.76. The average Bonchev–Trinajstić information content (AvgIpc) is 3.47. The maximum absolute atomic E-state index is 14.3. The van der Waals surface area contributed by atoms with Crippen molar-refractivity contribution in [1.29, 1.82) is 0 Å². The lowest BCUT2D eigenvalue weighted by Gasteiger charge is -2.39. The summed E-state index contributed by atoms with van der Waals surface area (Å²) in [6.07, 6.45) is -3.06. The van der Waals surface area contributed by atoms with E-state index in [2.05, 4.69) is 27.4 Å². The summed E-state index contributed by atoms with van der Waals surface area (Å²) >= 11 is 0. The first-order valence-electron chi connectivity index (χ1n) is 15.4. The SMILES string of the molecule is CN(C)CCCN(C)c1n[nH]c2c1N(c1cccc(C(N)=O)c1N(C(=O)C(F)(F)F)C1CCOCC1)C(C#Cc1cc(F)cc(F)c1)=CN2. The number of hydrogen-bond donors (Lipinski definition) is 3. The second kappa shape index (κ2) is 14.5. The highest BCUT2D eigenvalue weighted by atomic mass is 19.4. The first-order valence-corrected chi connectivity index (χ1v) is 15.4. The third-order valence-corrected chi connectivity index (χ3v) is 7.98. The quantitative estimate of drug-likeness (QED) is 0.219. The van der Waals surface area contributed by atoms with Crippen LogP contribution in [0.5, 0.6) is 0 Å². The molecule has 3 aromatic rings. The molecule has 0 atom stereocenters. The number of carbonyl (C=O) groups is 2. The number of para-hydroxylation sites is 1. The van der Waals surface area contributed by atoms with E-state index in [4.69, 9.17) is 10.5 Å². The summed E-state index contributed by atoms with van der Waals surface area (Å²) < 4.78 is 76.5. The van der Waals surface area contributed by atoms with E-state index < -0.39 is 35.7 Å². The molecule has 1 saturated heterocycles. The van der Waals surface area contributed by atoms with Crippen LogP contribution in [0.4, 0.5) is 50.6 Å². The number of H-pyrrole nitrogens is 1. The Bertz CT molecular complexity index is 1790. The van der Waals surface area contributed by atoms with Crippen LogP contribution in [0.2, 0.25) is 0 Å². The molecule has 4 N–H and O–H groups in total. The van der Waals surface area contributed by atoms with Crippen molar-refractivity contribution >= 4 is 40.5 Å². The normalized spacial score (nSPS) is 14.8. The number of amides is 2. The van der Waals surface area contributed by atoms with Crippen LogP contribution in [-0.4, -0.2) is 86.6 Å². The molecule has 0 aliphatic carbocycles. The molecule has 0 bridgehead atoms. The highest BCUT2D eigenvalue weighted by Gasteiger charge is 2.48. The van der Waals surface area contributed by atoms with Crippen LogP contribution >= 0.6 is 0 Å². The van der Waals surface area contributed by atoms with E-state index >= 15 is 0 Å². The number of rotatable bonds is 9. The molecule has 0 unspecified atom stereocenters. The van der Waals surface area contributed by atoms with Crippen molar-refractivity contribution in [3.63, 3.8) is 0 Å². The Morgan fingerprint density at radius 3 is 2.39 bits per heavy atom. The van der Waals surface area contributed by atoms with Crippen LogP contribution < -0.4 is 25.8 Å². The molecule has 260 valence electrons. The second-order valence-corrected chi connectivity index (χ2v) is 11.8. The molecule has 2 aliphatic heterocycles. The van der Waals surface area contributed by atoms with E-state index in [0.717, 1.165) is 25.1 Å². The van der Waals surface area contributed by atoms with Gasteiger partial charge in [0.25, 0.3) is 5.91 Å². The minimum atomic E-state index is -5.32. The summed E-state index contributed by atoms with van der Waals surface area (Å²) in [5.41, 5.74) is 5.37. The average molecular weight is 687 g/mol. The van der Waals surface area contributed by atoms with Gasteiger partial charge >= 0.3 is 12.1 Å². The molecule has 0 radical (unpaired) electrons. The Morgan fingerprint density at radius 2 is 1.76 bits per heavy atom. The zero-order valence-corrected chi connectivity index (χ0v) is 27.0. The van der Waals surface area contributed by atoms with Gasteiger partial charge < -0.3 is 25.6 Å². The third-order valence-electron chi connectivity index (χ3n) is 7.98. The lowest BCUT2D eigenvalue weighted by Crippen LogP contribution is -2.50. The Labute approximate surface area is 279 Å². The van der Waals surface area contributed by atoms with E-state index in [1.165, 1.54) is 29.3 Å². The van der Waals surface area contributed by atoms with E-state index in [0.29, 0.717) is 34.8 Å². The lowest BCUT2D eigenvalue weighted by atomic mass is 10.0. The third kappa shape index (κ3) is 7.79. The van der Waals surface area contributed by atoms with Gasteiger partial charge in [0.05, 0.1) is 16.9 Å². The van der Waals surface area contributed by atoms with Gasteiger partial charge in [-0.2, -0.15) is 18.3 Å². The highest BCUT2D eigenvalue weighted by Crippen LogP contribution is 2.48. The number of ether oxygens (including phenoxy) is 1. The summed E-state index contributed by atoms with van der Waals surface area (Å²) in [6, 6.07) is 5.85. The minimum absolute atomic E-state index is 0.0143. The molecule has 5 rings (SSSR count). The molecule has 1 aromatic heterocycles. The van der Waals surface area contributed by atoms with Gasteiger partial charge in [-0.15, -0.1) is 0 Å². The summed E-state index contributed by atoms with van der Waals surface area (Å²) in [5.74, 6) is 1.29. The van der Waals surface area contributed by atoms with Crippen LogP contribution in [0, 0.1) is 23.5 Å². The van der Waals surface area contributed by atoms with Gasteiger partial charge in [0, 0.05) is 50.7 Å². The summed E-state index contributed by atoms with van der Waals surface area (Å²) in [5, 5.41) is 10.4. The minimum Gasteiger partial charge on any atom is -0.381 e. The van der Waals surface area contributed by atoms with Crippen LogP contribution in [0.15, 0.2) is 48.3 Å². The van der Waals surface area contributed by atoms with Crippen LogP contribution in [0.1, 0.15) is 35.2 Å². The van der Waals surface area contributed by atoms with Gasteiger partial charge in [-0.05, 0) is 70.1 Å². The number of benzene rings is 2. The predicted octanol–water partition coefficient (Wildman–Crippen LogP) is 4.71. The Balaban J connectivity index is 1.76. The molecule has 11 nitrogen and oxygen atoms in total. The fourth-order valence-corrected chi connectivity index (χ4v) is 5.76. The largest absolute Gasteiger partial charge is 0.471 e. The number of fused-ring (bicyclic) bond motifs is 1. The van der Waals surface area contributed by atoms with Crippen molar-refractivity contribution in [1.82, 2.24) is 15.1 Å². The number of primary amides is 1. The smallest absolute Gasteiger partial charge is 0.381 e. The maximum atomic E-state index is 14.3. The van der Waals surface area contributed by atoms with Gasteiger partial charge in [-0.3, -0.25) is 24.5 Å². The first kappa shape index (κ1) is 35.2. The van der Waals surface area contributed by atoms with Gasteiger partial charge in [0.15, 0.2) is 11.6 Å². The van der Waals surface area contributed by atoms with Crippen LogP contribution in [-0.2, 0) is 9.53 Å². The molecular weight excluding hydrogens is 651 g/mol. The predicted molar refractivity (Wildman–Crippen MR) is 174 cm³/mol. The van der Waals surface area contributed by atoms with Gasteiger partial charge in [-0.25, -0.2) is 8.78 Å². The fraction of sp³-hybridized carbons (Fsp3) is 0.364. The summed E-state index contributed by atoms with van der Waals surface area (Å²) in [6.45, 7) is 1.45. The number of aromatic nitrogens is 2.